The second-order valence-corrected chi connectivity index (χ2v) is 16.3. The molecule has 2 aliphatic carbocycles. The molecule has 0 aromatic rings. The Morgan fingerprint density at radius 2 is 1.51 bits per heavy atom. The van der Waals surface area contributed by atoms with Gasteiger partial charge in [0.05, 0.1) is 24.9 Å². The highest BCUT2D eigenvalue weighted by Gasteiger charge is 2.53. The number of aliphatic hydroxyl groups excluding tert-OH is 5. The van der Waals surface area contributed by atoms with E-state index >= 15 is 0 Å². The van der Waals surface area contributed by atoms with Crippen molar-refractivity contribution in [3.8, 4) is 0 Å². The van der Waals surface area contributed by atoms with E-state index in [-0.39, 0.29) is 63.4 Å². The first-order valence-electron chi connectivity index (χ1n) is 20.9. The number of aliphatic hydroxyl groups is 5. The number of carboxylic acids is 2. The number of hydrogen-bond donors (Lipinski definition) is 10. The number of ether oxygens (including phenoxy) is 5. The molecule has 3 amide bonds. The minimum Gasteiger partial charge on any atom is -0.481 e. The zero-order valence-electron chi connectivity index (χ0n) is 34.1. The van der Waals surface area contributed by atoms with Crippen molar-refractivity contribution in [3.05, 3.63) is 0 Å². The molecule has 338 valence electrons. The van der Waals surface area contributed by atoms with E-state index in [0.717, 1.165) is 32.1 Å². The standard InChI is InChI=1S/C39H65N3O17/c1-4-22-16-23(36(52)41-14-13-40-27(45)11-8-12-28(46)47)17-24(34(22)59-39-33(51)32(50)30(48)19(2)55-39)57-38-29(42-20(3)44)35(31(49)26(18-43)58-38)56-25(37(53)54)15-21-9-6-5-7-10-21/h19,21-26,29-35,38-39,43,48-51H,4-18H2,1-3H3,(H,40,45)(H,41,52)(H,42,44)(H,46,47)(H,53,54)/t19?,22?,23-,24+,25-,26?,29?,30+,31-,32?,33?,34?,35?,38+,39-/m0/s1. The average Bonchev–Trinajstić information content (AvgIpc) is 3.19. The van der Waals surface area contributed by atoms with Crippen LogP contribution in [0.15, 0.2) is 0 Å². The highest BCUT2D eigenvalue weighted by Crippen LogP contribution is 2.40. The predicted octanol–water partition coefficient (Wildman–Crippen LogP) is -1.10. The van der Waals surface area contributed by atoms with Gasteiger partial charge < -0.3 is 75.4 Å². The van der Waals surface area contributed by atoms with Crippen LogP contribution < -0.4 is 16.0 Å². The van der Waals surface area contributed by atoms with Crippen molar-refractivity contribution >= 4 is 29.7 Å². The molecule has 0 spiro atoms. The Balaban J connectivity index is 1.59. The first-order valence-corrected chi connectivity index (χ1v) is 20.9. The Hall–Kier alpha value is -3.05. The van der Waals surface area contributed by atoms with Crippen molar-refractivity contribution in [1.82, 2.24) is 16.0 Å². The van der Waals surface area contributed by atoms with Crippen molar-refractivity contribution in [1.29, 1.82) is 0 Å². The summed E-state index contributed by atoms with van der Waals surface area (Å²) in [7, 11) is 0. The summed E-state index contributed by atoms with van der Waals surface area (Å²) < 4.78 is 30.9. The molecule has 4 aliphatic rings. The van der Waals surface area contributed by atoms with Crippen molar-refractivity contribution in [3.63, 3.8) is 0 Å². The summed E-state index contributed by atoms with van der Waals surface area (Å²) in [6.07, 6.45) is -11.1. The minimum absolute atomic E-state index is 0.00982. The van der Waals surface area contributed by atoms with E-state index in [0.29, 0.717) is 6.42 Å². The molecule has 0 aromatic heterocycles. The van der Waals surface area contributed by atoms with E-state index in [9.17, 15) is 54.6 Å². The molecule has 8 unspecified atom stereocenters. The molecule has 4 rings (SSSR count). The predicted molar refractivity (Wildman–Crippen MR) is 203 cm³/mol. The van der Waals surface area contributed by atoms with E-state index in [1.54, 1.807) is 0 Å². The van der Waals surface area contributed by atoms with Gasteiger partial charge in [-0.1, -0.05) is 45.4 Å². The third-order valence-electron chi connectivity index (χ3n) is 11.9. The van der Waals surface area contributed by atoms with E-state index in [1.807, 2.05) is 6.92 Å². The van der Waals surface area contributed by atoms with Gasteiger partial charge in [0.2, 0.25) is 17.7 Å². The summed E-state index contributed by atoms with van der Waals surface area (Å²) >= 11 is 0. The first kappa shape index (κ1) is 48.6. The normalized spacial score (nSPS) is 35.9. The van der Waals surface area contributed by atoms with Gasteiger partial charge in [0.15, 0.2) is 18.7 Å². The van der Waals surface area contributed by atoms with E-state index in [2.05, 4.69) is 16.0 Å². The zero-order chi connectivity index (χ0) is 43.4. The van der Waals surface area contributed by atoms with Crippen molar-refractivity contribution in [2.24, 2.45) is 17.8 Å². The highest BCUT2D eigenvalue weighted by atomic mass is 16.7. The fraction of sp³-hybridized carbons (Fsp3) is 0.872. The number of amides is 3. The molecule has 0 aromatic carbocycles. The summed E-state index contributed by atoms with van der Waals surface area (Å²) in [6.45, 7) is 3.94. The molecule has 20 heteroatoms. The lowest BCUT2D eigenvalue weighted by Gasteiger charge is -2.49. The Labute approximate surface area is 343 Å². The molecule has 2 saturated heterocycles. The van der Waals surface area contributed by atoms with Crippen LogP contribution in [0.2, 0.25) is 0 Å². The molecule has 2 saturated carbocycles. The number of hydrogen-bond acceptors (Lipinski definition) is 15. The molecule has 4 fully saturated rings. The van der Waals surface area contributed by atoms with Crippen LogP contribution in [-0.2, 0) is 47.7 Å². The smallest absolute Gasteiger partial charge is 0.332 e. The number of carbonyl (C=O) groups excluding carboxylic acids is 3. The Morgan fingerprint density at radius 1 is 0.814 bits per heavy atom. The number of aliphatic carboxylic acids is 2. The number of rotatable bonds is 20. The maximum atomic E-state index is 13.7. The lowest BCUT2D eigenvalue weighted by atomic mass is 9.75. The van der Waals surface area contributed by atoms with Crippen LogP contribution in [0, 0.1) is 17.8 Å². The summed E-state index contributed by atoms with van der Waals surface area (Å²) in [6, 6.07) is -1.33. The van der Waals surface area contributed by atoms with Crippen molar-refractivity contribution < 1.29 is 83.4 Å². The second kappa shape index (κ2) is 23.2. The number of nitrogens with one attached hydrogen (secondary N) is 3. The van der Waals surface area contributed by atoms with Gasteiger partial charge in [-0.05, 0) is 44.4 Å². The number of carbonyl (C=O) groups is 5. The van der Waals surface area contributed by atoms with Crippen LogP contribution in [0.1, 0.15) is 97.8 Å². The van der Waals surface area contributed by atoms with Gasteiger partial charge in [0, 0.05) is 38.8 Å². The van der Waals surface area contributed by atoms with Crippen LogP contribution in [0.3, 0.4) is 0 Å². The summed E-state index contributed by atoms with van der Waals surface area (Å²) in [4.78, 5) is 61.8. The molecular formula is C39H65N3O17. The first-order chi connectivity index (χ1) is 28.0. The molecule has 0 radical (unpaired) electrons. The lowest BCUT2D eigenvalue weighted by molar-refractivity contribution is -0.338. The summed E-state index contributed by atoms with van der Waals surface area (Å²) in [5.74, 6) is -4.75. The van der Waals surface area contributed by atoms with Crippen LogP contribution in [0.5, 0.6) is 0 Å². The van der Waals surface area contributed by atoms with Crippen molar-refractivity contribution in [2.45, 2.75) is 177 Å². The molecule has 20 nitrogen and oxygen atoms in total. The Morgan fingerprint density at radius 3 is 2.14 bits per heavy atom. The van der Waals surface area contributed by atoms with Gasteiger partial charge in [0.1, 0.15) is 42.7 Å². The van der Waals surface area contributed by atoms with E-state index in [4.69, 9.17) is 28.8 Å². The monoisotopic (exact) mass is 847 g/mol. The molecule has 0 bridgehead atoms. The van der Waals surface area contributed by atoms with E-state index < -0.39 is 122 Å². The third-order valence-corrected chi connectivity index (χ3v) is 11.9. The molecular weight excluding hydrogens is 782 g/mol. The fourth-order valence-electron chi connectivity index (χ4n) is 8.60. The maximum Gasteiger partial charge on any atom is 0.332 e. The van der Waals surface area contributed by atoms with Gasteiger partial charge in [0.25, 0.3) is 0 Å². The van der Waals surface area contributed by atoms with Gasteiger partial charge in [-0.2, -0.15) is 0 Å². The number of carboxylic acid groups (broad SMARTS) is 2. The molecule has 10 N–H and O–H groups in total. The largest absolute Gasteiger partial charge is 0.481 e. The molecule has 15 atom stereocenters. The third kappa shape index (κ3) is 13.7. The fourth-order valence-corrected chi connectivity index (χ4v) is 8.60. The van der Waals surface area contributed by atoms with Gasteiger partial charge in [-0.3, -0.25) is 19.2 Å². The van der Waals surface area contributed by atoms with Crippen LogP contribution in [-0.4, -0.2) is 165 Å². The molecule has 2 aliphatic heterocycles. The summed E-state index contributed by atoms with van der Waals surface area (Å²) in [5.41, 5.74) is 0. The SMILES string of the molecule is CCC1C[C@H](C(=O)NCCNC(=O)CCCC(=O)O)C[C@@H](O[C@@H]2OC(CO)[C@H](O)C(O[C@@H](CC3CCCCC3)C(=O)O)C2NC(C)=O)C1O[C@@H]1OC(C)[C@@H](O)C(O)C1O. The van der Waals surface area contributed by atoms with Gasteiger partial charge in [-0.15, -0.1) is 0 Å². The topological polar surface area (TPSA) is 309 Å². The maximum absolute atomic E-state index is 13.7. The Bertz CT molecular complexity index is 1390. The van der Waals surface area contributed by atoms with Gasteiger partial charge in [-0.25, -0.2) is 4.79 Å². The molecule has 59 heavy (non-hydrogen) atoms. The quantitative estimate of drug-likeness (QED) is 0.0650. The second-order valence-electron chi connectivity index (χ2n) is 16.3. The lowest BCUT2D eigenvalue weighted by Crippen LogP contribution is -2.67. The van der Waals surface area contributed by atoms with Crippen LogP contribution in [0.4, 0.5) is 0 Å². The molecule has 2 heterocycles. The average molecular weight is 848 g/mol. The van der Waals surface area contributed by atoms with Gasteiger partial charge >= 0.3 is 11.9 Å². The minimum atomic E-state index is -1.68. The zero-order valence-corrected chi connectivity index (χ0v) is 34.1. The highest BCUT2D eigenvalue weighted by molar-refractivity contribution is 5.79. The van der Waals surface area contributed by atoms with E-state index in [1.165, 1.54) is 13.8 Å². The Kier molecular flexibility index (Phi) is 19.2. The summed E-state index contributed by atoms with van der Waals surface area (Å²) in [5, 5.41) is 80.7. The van der Waals surface area contributed by atoms with Crippen LogP contribution >= 0.6 is 0 Å². The van der Waals surface area contributed by atoms with Crippen molar-refractivity contribution in [2.75, 3.05) is 19.7 Å². The van der Waals surface area contributed by atoms with Crippen LogP contribution in [0.25, 0.3) is 0 Å².